The van der Waals surface area contributed by atoms with Gasteiger partial charge in [-0.2, -0.15) is 10.4 Å². The van der Waals surface area contributed by atoms with Crippen LogP contribution in [0.5, 0.6) is 0 Å². The first-order valence-electron chi connectivity index (χ1n) is 11.9. The number of rotatable bonds is 8. The van der Waals surface area contributed by atoms with Gasteiger partial charge in [0.25, 0.3) is 0 Å². The summed E-state index contributed by atoms with van der Waals surface area (Å²) in [6, 6.07) is 9.80. The molecule has 2 N–H and O–H groups in total. The molecule has 4 aromatic heterocycles. The molecule has 0 spiro atoms. The van der Waals surface area contributed by atoms with E-state index >= 15 is 0 Å². The van der Waals surface area contributed by atoms with Crippen LogP contribution in [0.1, 0.15) is 25.3 Å². The summed E-state index contributed by atoms with van der Waals surface area (Å²) in [5.74, 6) is 0.348. The Labute approximate surface area is 212 Å². The number of pyridine rings is 1. The lowest BCUT2D eigenvalue weighted by Crippen LogP contribution is -2.42. The highest BCUT2D eigenvalue weighted by Crippen LogP contribution is 2.35. The van der Waals surface area contributed by atoms with Gasteiger partial charge in [-0.1, -0.05) is 5.21 Å². The zero-order valence-corrected chi connectivity index (χ0v) is 20.4. The first kappa shape index (κ1) is 24.2. The normalized spacial score (nSPS) is 17.6. The SMILES string of the molecule is COC(=O)NCC1CC(Nc2cc(-c3ccc4cc(C#N)cnn34)ncc2-c2cn(CC(C)F)nn2)C1. The molecule has 1 amide bonds. The molecule has 1 unspecified atom stereocenters. The van der Waals surface area contributed by atoms with E-state index in [0.29, 0.717) is 29.4 Å². The van der Waals surface area contributed by atoms with Crippen LogP contribution in [0.25, 0.3) is 28.2 Å². The summed E-state index contributed by atoms with van der Waals surface area (Å²) in [4.78, 5) is 16.0. The van der Waals surface area contributed by atoms with Crippen molar-refractivity contribution in [3.8, 4) is 28.7 Å². The van der Waals surface area contributed by atoms with Gasteiger partial charge in [-0.05, 0) is 49.9 Å². The van der Waals surface area contributed by atoms with Gasteiger partial charge in [0.15, 0.2) is 0 Å². The number of carbonyl (C=O) groups excluding carboxylic acids is 1. The number of halogens is 1. The number of methoxy groups -OCH3 is 1. The van der Waals surface area contributed by atoms with Gasteiger partial charge in [0, 0.05) is 30.0 Å². The Morgan fingerprint density at radius 1 is 1.30 bits per heavy atom. The fourth-order valence-electron chi connectivity index (χ4n) is 4.48. The average molecular weight is 504 g/mol. The van der Waals surface area contributed by atoms with E-state index in [1.165, 1.54) is 24.9 Å². The third-order valence-electron chi connectivity index (χ3n) is 6.36. The molecule has 0 aliphatic heterocycles. The van der Waals surface area contributed by atoms with Crippen LogP contribution >= 0.6 is 0 Å². The number of nitrogens with one attached hydrogen (secondary N) is 2. The van der Waals surface area contributed by atoms with E-state index in [-0.39, 0.29) is 12.6 Å². The summed E-state index contributed by atoms with van der Waals surface area (Å²) in [5, 5.41) is 28.2. The van der Waals surface area contributed by atoms with Crippen LogP contribution in [0.2, 0.25) is 0 Å². The molecule has 0 aromatic carbocycles. The molecular formula is C25H26FN9O2. The lowest BCUT2D eigenvalue weighted by Gasteiger charge is -2.36. The average Bonchev–Trinajstić information content (AvgIpc) is 3.51. The fourth-order valence-corrected chi connectivity index (χ4v) is 4.48. The minimum Gasteiger partial charge on any atom is -0.453 e. The number of nitrogens with zero attached hydrogens (tertiary/aromatic N) is 7. The van der Waals surface area contributed by atoms with E-state index in [2.05, 4.69) is 41.8 Å². The second-order valence-corrected chi connectivity index (χ2v) is 9.18. The van der Waals surface area contributed by atoms with Crippen LogP contribution in [-0.4, -0.2) is 61.6 Å². The highest BCUT2D eigenvalue weighted by Gasteiger charge is 2.30. The molecule has 1 fully saturated rings. The topological polar surface area (TPSA) is 135 Å². The van der Waals surface area contributed by atoms with Crippen molar-refractivity contribution >= 4 is 17.3 Å². The summed E-state index contributed by atoms with van der Waals surface area (Å²) in [6.07, 6.45) is 5.22. The maximum absolute atomic E-state index is 13.5. The van der Waals surface area contributed by atoms with E-state index in [1.54, 1.807) is 23.0 Å². The number of alkyl carbamates (subject to hydrolysis) is 1. The molecule has 37 heavy (non-hydrogen) atoms. The van der Waals surface area contributed by atoms with E-state index in [4.69, 9.17) is 0 Å². The third kappa shape index (κ3) is 5.20. The molecule has 1 atom stereocenters. The van der Waals surface area contributed by atoms with Gasteiger partial charge in [-0.25, -0.2) is 18.4 Å². The highest BCUT2D eigenvalue weighted by atomic mass is 19.1. The number of fused-ring (bicyclic) bond motifs is 1. The van der Waals surface area contributed by atoms with Crippen LogP contribution < -0.4 is 10.6 Å². The Morgan fingerprint density at radius 2 is 2.14 bits per heavy atom. The minimum absolute atomic E-state index is 0.116. The number of aromatic nitrogens is 6. The number of amides is 1. The van der Waals surface area contributed by atoms with Crippen molar-refractivity contribution in [1.82, 2.24) is 34.9 Å². The zero-order valence-electron chi connectivity index (χ0n) is 20.4. The van der Waals surface area contributed by atoms with Crippen LogP contribution in [0, 0.1) is 17.2 Å². The molecule has 4 aromatic rings. The molecular weight excluding hydrogens is 477 g/mol. The first-order valence-corrected chi connectivity index (χ1v) is 11.9. The lowest BCUT2D eigenvalue weighted by atomic mass is 9.80. The fraction of sp³-hybridized carbons (Fsp3) is 0.360. The summed E-state index contributed by atoms with van der Waals surface area (Å²) < 4.78 is 21.3. The zero-order chi connectivity index (χ0) is 25.9. The van der Waals surface area contributed by atoms with Crippen molar-refractivity contribution in [2.75, 3.05) is 19.0 Å². The van der Waals surface area contributed by atoms with Crippen molar-refractivity contribution in [3.63, 3.8) is 0 Å². The van der Waals surface area contributed by atoms with E-state index in [0.717, 1.165) is 35.3 Å². The molecule has 1 saturated carbocycles. The maximum Gasteiger partial charge on any atom is 0.406 e. The molecule has 0 bridgehead atoms. The predicted octanol–water partition coefficient (Wildman–Crippen LogP) is 3.43. The van der Waals surface area contributed by atoms with Crippen molar-refractivity contribution in [2.45, 2.75) is 38.5 Å². The quantitative estimate of drug-likeness (QED) is 0.373. The third-order valence-corrected chi connectivity index (χ3v) is 6.36. The Morgan fingerprint density at radius 3 is 2.89 bits per heavy atom. The first-order chi connectivity index (χ1) is 17.9. The smallest absolute Gasteiger partial charge is 0.406 e. The van der Waals surface area contributed by atoms with E-state index in [1.807, 2.05) is 18.2 Å². The van der Waals surface area contributed by atoms with Crippen molar-refractivity contribution in [3.05, 3.63) is 48.4 Å². The summed E-state index contributed by atoms with van der Waals surface area (Å²) in [7, 11) is 1.35. The number of ether oxygens (including phenoxy) is 1. The molecule has 190 valence electrons. The lowest BCUT2D eigenvalue weighted by molar-refractivity contribution is 0.164. The molecule has 1 aliphatic rings. The minimum atomic E-state index is -1.05. The second kappa shape index (κ2) is 10.2. The van der Waals surface area contributed by atoms with Gasteiger partial charge < -0.3 is 15.4 Å². The van der Waals surface area contributed by atoms with Crippen molar-refractivity contribution in [2.24, 2.45) is 5.92 Å². The number of nitriles is 1. The van der Waals surface area contributed by atoms with Crippen LogP contribution in [-0.2, 0) is 11.3 Å². The Hall–Kier alpha value is -4.53. The number of hydrogen-bond donors (Lipinski definition) is 2. The van der Waals surface area contributed by atoms with Crippen LogP contribution in [0.3, 0.4) is 0 Å². The van der Waals surface area contributed by atoms with Crippen LogP contribution in [0.15, 0.2) is 42.9 Å². The number of hydrogen-bond acceptors (Lipinski definition) is 8. The molecule has 1 aliphatic carbocycles. The largest absolute Gasteiger partial charge is 0.453 e. The molecule has 12 heteroatoms. The van der Waals surface area contributed by atoms with Gasteiger partial charge in [-0.3, -0.25) is 4.98 Å². The van der Waals surface area contributed by atoms with Gasteiger partial charge in [0.05, 0.1) is 48.5 Å². The number of carbonyl (C=O) groups is 1. The molecule has 0 radical (unpaired) electrons. The molecule has 5 rings (SSSR count). The van der Waals surface area contributed by atoms with Crippen LogP contribution in [0.4, 0.5) is 14.9 Å². The number of alkyl halides is 1. The summed E-state index contributed by atoms with van der Waals surface area (Å²) >= 11 is 0. The van der Waals surface area contributed by atoms with E-state index in [9.17, 15) is 14.4 Å². The monoisotopic (exact) mass is 503 g/mol. The molecule has 4 heterocycles. The summed E-state index contributed by atoms with van der Waals surface area (Å²) in [5.41, 5.74) is 4.89. The Kier molecular flexibility index (Phi) is 6.68. The maximum atomic E-state index is 13.5. The van der Waals surface area contributed by atoms with E-state index < -0.39 is 12.3 Å². The standard InChI is InChI=1S/C25H26FN9O2/c1-15(26)13-34-14-23(32-33-34)20-12-28-22(24-4-3-19-7-17(9-27)11-30-35(19)24)8-21(20)31-18-5-16(6-18)10-29-25(36)37-2/h3-4,7-8,11-12,14-16,18H,5-6,10,13H2,1-2H3,(H,28,31)(H,29,36). The summed E-state index contributed by atoms with van der Waals surface area (Å²) in [6.45, 7) is 2.15. The molecule has 11 nitrogen and oxygen atoms in total. The van der Waals surface area contributed by atoms with Gasteiger partial charge in [-0.15, -0.1) is 5.10 Å². The van der Waals surface area contributed by atoms with Gasteiger partial charge >= 0.3 is 6.09 Å². The Balaban J connectivity index is 1.43. The number of anilines is 1. The van der Waals surface area contributed by atoms with Gasteiger partial charge in [0.1, 0.15) is 17.9 Å². The second-order valence-electron chi connectivity index (χ2n) is 9.18. The Bertz CT molecular complexity index is 1470. The predicted molar refractivity (Wildman–Crippen MR) is 133 cm³/mol. The molecule has 0 saturated heterocycles. The van der Waals surface area contributed by atoms with Gasteiger partial charge in [0.2, 0.25) is 0 Å². The van der Waals surface area contributed by atoms with Crippen molar-refractivity contribution in [1.29, 1.82) is 5.26 Å². The highest BCUT2D eigenvalue weighted by molar-refractivity contribution is 5.79. The van der Waals surface area contributed by atoms with Crippen molar-refractivity contribution < 1.29 is 13.9 Å².